The molecule has 0 radical (unpaired) electrons. The molecule has 0 amide bonds. The third-order valence-electron chi connectivity index (χ3n) is 3.05. The Labute approximate surface area is 117 Å². The highest BCUT2D eigenvalue weighted by molar-refractivity contribution is 7.99. The first-order valence-corrected chi connectivity index (χ1v) is 7.00. The molecule has 0 aliphatic carbocycles. The predicted molar refractivity (Wildman–Crippen MR) is 77.2 cm³/mol. The van der Waals surface area contributed by atoms with Crippen LogP contribution in [0, 0.1) is 20.8 Å². The molecule has 2 heterocycles. The molecule has 0 saturated carbocycles. The Morgan fingerprint density at radius 3 is 2.21 bits per heavy atom. The van der Waals surface area contributed by atoms with Gasteiger partial charge < -0.3 is 5.73 Å². The topological polar surface area (TPSA) is 64.7 Å². The van der Waals surface area contributed by atoms with E-state index in [1.165, 1.54) is 11.8 Å². The van der Waals surface area contributed by atoms with Crippen molar-refractivity contribution in [2.45, 2.75) is 43.8 Å². The Morgan fingerprint density at radius 1 is 1.11 bits per heavy atom. The van der Waals surface area contributed by atoms with Gasteiger partial charge in [-0.3, -0.25) is 4.98 Å². The Kier molecular flexibility index (Phi) is 4.17. The highest BCUT2D eigenvalue weighted by atomic mass is 32.2. The largest absolute Gasteiger partial charge is 0.323 e. The van der Waals surface area contributed by atoms with Crippen LogP contribution in [0.4, 0.5) is 0 Å². The molecule has 0 aromatic carbocycles. The molecule has 19 heavy (non-hydrogen) atoms. The highest BCUT2D eigenvalue weighted by Gasteiger charge is 2.07. The zero-order valence-electron chi connectivity index (χ0n) is 11.6. The summed E-state index contributed by atoms with van der Waals surface area (Å²) >= 11 is 1.52. The maximum atomic E-state index is 5.78. The Hall–Kier alpha value is -1.46. The molecule has 2 aromatic rings. The van der Waals surface area contributed by atoms with Gasteiger partial charge in [-0.25, -0.2) is 9.97 Å². The number of nitrogens with two attached hydrogens (primary N) is 1. The minimum atomic E-state index is -0.0424. The second kappa shape index (κ2) is 5.67. The molecular weight excluding hydrogens is 256 g/mol. The van der Waals surface area contributed by atoms with Crippen LogP contribution >= 0.6 is 11.8 Å². The fraction of sp³-hybridized carbons (Fsp3) is 0.357. The van der Waals surface area contributed by atoms with Gasteiger partial charge in [0.1, 0.15) is 0 Å². The van der Waals surface area contributed by atoms with Crippen molar-refractivity contribution >= 4 is 11.8 Å². The van der Waals surface area contributed by atoms with E-state index < -0.39 is 0 Å². The van der Waals surface area contributed by atoms with Crippen LogP contribution in [0.1, 0.15) is 35.6 Å². The van der Waals surface area contributed by atoms with E-state index in [0.717, 1.165) is 32.7 Å². The summed E-state index contributed by atoms with van der Waals surface area (Å²) < 4.78 is 0. The lowest BCUT2D eigenvalue weighted by Gasteiger charge is -2.07. The molecular formula is C14H18N4S. The second-order valence-corrected chi connectivity index (χ2v) is 5.65. The summed E-state index contributed by atoms with van der Waals surface area (Å²) in [5.74, 6) is 0. The summed E-state index contributed by atoms with van der Waals surface area (Å²) in [6.07, 6.45) is 1.82. The third-order valence-corrected chi connectivity index (χ3v) is 3.89. The summed E-state index contributed by atoms with van der Waals surface area (Å²) in [6.45, 7) is 7.97. The number of nitrogens with zero attached hydrogens (tertiary/aromatic N) is 3. The molecule has 2 rings (SSSR count). The molecule has 1 atom stereocenters. The van der Waals surface area contributed by atoms with Crippen molar-refractivity contribution in [2.75, 3.05) is 0 Å². The van der Waals surface area contributed by atoms with E-state index in [2.05, 4.69) is 15.0 Å². The van der Waals surface area contributed by atoms with Crippen molar-refractivity contribution in [3.63, 3.8) is 0 Å². The number of hydrogen-bond donors (Lipinski definition) is 1. The van der Waals surface area contributed by atoms with Crippen molar-refractivity contribution in [2.24, 2.45) is 5.73 Å². The average Bonchev–Trinajstić information content (AvgIpc) is 2.36. The Balaban J connectivity index is 2.21. The number of aromatic nitrogens is 3. The Bertz CT molecular complexity index is 555. The zero-order valence-corrected chi connectivity index (χ0v) is 12.5. The molecule has 0 aliphatic heterocycles. The normalized spacial score (nSPS) is 12.5. The van der Waals surface area contributed by atoms with Crippen molar-refractivity contribution in [1.29, 1.82) is 0 Å². The van der Waals surface area contributed by atoms with E-state index in [0.29, 0.717) is 0 Å². The van der Waals surface area contributed by atoms with E-state index in [4.69, 9.17) is 5.73 Å². The minimum absolute atomic E-state index is 0.0424. The average molecular weight is 274 g/mol. The van der Waals surface area contributed by atoms with Gasteiger partial charge >= 0.3 is 0 Å². The lowest BCUT2D eigenvalue weighted by molar-refractivity contribution is 0.777. The van der Waals surface area contributed by atoms with Crippen molar-refractivity contribution < 1.29 is 0 Å². The maximum absolute atomic E-state index is 5.78. The Morgan fingerprint density at radius 2 is 1.74 bits per heavy atom. The molecule has 0 unspecified atom stereocenters. The zero-order chi connectivity index (χ0) is 14.0. The van der Waals surface area contributed by atoms with E-state index in [1.54, 1.807) is 0 Å². The number of pyridine rings is 1. The number of hydrogen-bond acceptors (Lipinski definition) is 5. The molecule has 2 aromatic heterocycles. The van der Waals surface area contributed by atoms with E-state index in [9.17, 15) is 0 Å². The standard InChI is InChI=1S/C14H18N4S/c1-8-10(3)17-14(18-11(8)4)19-12-5-6-13(9(2)15)16-7-12/h5-7,9H,15H2,1-4H3/t9-/m0/s1. The first kappa shape index (κ1) is 14.0. The lowest BCUT2D eigenvalue weighted by Crippen LogP contribution is -2.06. The summed E-state index contributed by atoms with van der Waals surface area (Å²) in [5.41, 5.74) is 9.86. The summed E-state index contributed by atoms with van der Waals surface area (Å²) in [5, 5.41) is 0.760. The molecule has 0 spiro atoms. The van der Waals surface area contributed by atoms with Crippen LogP contribution in [-0.4, -0.2) is 15.0 Å². The summed E-state index contributed by atoms with van der Waals surface area (Å²) in [4.78, 5) is 14.3. The number of rotatable bonds is 3. The van der Waals surface area contributed by atoms with Gasteiger partial charge in [-0.2, -0.15) is 0 Å². The number of aryl methyl sites for hydroxylation is 2. The molecule has 5 heteroatoms. The van der Waals surface area contributed by atoms with Crippen LogP contribution in [0.2, 0.25) is 0 Å². The first-order valence-electron chi connectivity index (χ1n) is 6.18. The first-order chi connectivity index (χ1) is 8.97. The van der Waals surface area contributed by atoms with Gasteiger partial charge in [-0.15, -0.1) is 0 Å². The fourth-order valence-electron chi connectivity index (χ4n) is 1.61. The molecule has 0 aliphatic rings. The van der Waals surface area contributed by atoms with Gasteiger partial charge in [0.15, 0.2) is 5.16 Å². The molecule has 0 bridgehead atoms. The van der Waals surface area contributed by atoms with Gasteiger partial charge in [0.05, 0.1) is 5.69 Å². The van der Waals surface area contributed by atoms with Crippen LogP contribution in [0.5, 0.6) is 0 Å². The minimum Gasteiger partial charge on any atom is -0.323 e. The van der Waals surface area contributed by atoms with E-state index in [1.807, 2.05) is 46.0 Å². The molecule has 0 fully saturated rings. The predicted octanol–water partition coefficient (Wildman–Crippen LogP) is 2.97. The summed E-state index contributed by atoms with van der Waals surface area (Å²) in [7, 11) is 0. The monoisotopic (exact) mass is 274 g/mol. The van der Waals surface area contributed by atoms with E-state index in [-0.39, 0.29) is 6.04 Å². The van der Waals surface area contributed by atoms with Crippen molar-refractivity contribution in [3.05, 3.63) is 41.0 Å². The maximum Gasteiger partial charge on any atom is 0.192 e. The van der Waals surface area contributed by atoms with Gasteiger partial charge in [-0.1, -0.05) is 0 Å². The molecule has 2 N–H and O–H groups in total. The van der Waals surface area contributed by atoms with Crippen LogP contribution in [0.15, 0.2) is 28.4 Å². The van der Waals surface area contributed by atoms with Crippen LogP contribution < -0.4 is 5.73 Å². The smallest absolute Gasteiger partial charge is 0.192 e. The van der Waals surface area contributed by atoms with Crippen LogP contribution in [0.25, 0.3) is 0 Å². The van der Waals surface area contributed by atoms with Crippen molar-refractivity contribution in [1.82, 2.24) is 15.0 Å². The third kappa shape index (κ3) is 3.30. The van der Waals surface area contributed by atoms with Gasteiger partial charge in [0, 0.05) is 28.5 Å². The van der Waals surface area contributed by atoms with Crippen molar-refractivity contribution in [3.8, 4) is 0 Å². The molecule has 0 saturated heterocycles. The second-order valence-electron chi connectivity index (χ2n) is 4.61. The van der Waals surface area contributed by atoms with Crippen LogP contribution in [-0.2, 0) is 0 Å². The van der Waals surface area contributed by atoms with Gasteiger partial charge in [0.25, 0.3) is 0 Å². The van der Waals surface area contributed by atoms with Gasteiger partial charge in [0.2, 0.25) is 0 Å². The quantitative estimate of drug-likeness (QED) is 0.872. The molecule has 100 valence electrons. The highest BCUT2D eigenvalue weighted by Crippen LogP contribution is 2.25. The summed E-state index contributed by atoms with van der Waals surface area (Å²) in [6, 6.07) is 3.91. The lowest BCUT2D eigenvalue weighted by atomic mass is 10.2. The van der Waals surface area contributed by atoms with E-state index >= 15 is 0 Å². The molecule has 4 nitrogen and oxygen atoms in total. The SMILES string of the molecule is Cc1nc(Sc2ccc([C@H](C)N)nc2)nc(C)c1C. The fourth-order valence-corrected chi connectivity index (χ4v) is 2.43. The van der Waals surface area contributed by atoms with Crippen LogP contribution in [0.3, 0.4) is 0 Å². The van der Waals surface area contributed by atoms with Gasteiger partial charge in [-0.05, 0) is 57.2 Å².